The highest BCUT2D eigenvalue weighted by Crippen LogP contribution is 2.19. The van der Waals surface area contributed by atoms with Crippen LogP contribution >= 0.6 is 0 Å². The minimum atomic E-state index is 0.208. The molecule has 26 heavy (non-hydrogen) atoms. The maximum atomic E-state index is 12.4. The number of nitrogens with zero attached hydrogens (tertiary/aromatic N) is 2. The molecule has 2 aliphatic rings. The molecule has 0 aliphatic carbocycles. The van der Waals surface area contributed by atoms with E-state index in [4.69, 9.17) is 0 Å². The Bertz CT molecular complexity index is 543. The Balaban J connectivity index is 1.29. The standard InChI is InChI=1S/C22H35N3O/c1-19-6-8-20(9-7-19)18-25-16-10-21(11-17-25)22(26)23-12-5-15-24-13-3-2-4-14-24/h6-9,21H,2-5,10-18H2,1H3,(H,23,26). The topological polar surface area (TPSA) is 35.6 Å². The van der Waals surface area contributed by atoms with E-state index in [0.717, 1.165) is 52.0 Å². The highest BCUT2D eigenvalue weighted by Gasteiger charge is 2.24. The van der Waals surface area contributed by atoms with Gasteiger partial charge in [-0.15, -0.1) is 0 Å². The predicted octanol–water partition coefficient (Wildman–Crippen LogP) is 3.20. The Morgan fingerprint density at radius 1 is 1.00 bits per heavy atom. The summed E-state index contributed by atoms with van der Waals surface area (Å²) in [5.74, 6) is 0.484. The van der Waals surface area contributed by atoms with E-state index in [1.165, 1.54) is 43.5 Å². The van der Waals surface area contributed by atoms with Crippen molar-refractivity contribution in [2.45, 2.75) is 52.0 Å². The van der Waals surface area contributed by atoms with E-state index in [2.05, 4.69) is 46.3 Å². The molecule has 2 saturated heterocycles. The van der Waals surface area contributed by atoms with E-state index in [9.17, 15) is 4.79 Å². The Morgan fingerprint density at radius 2 is 1.69 bits per heavy atom. The summed E-state index contributed by atoms with van der Waals surface area (Å²) in [6, 6.07) is 8.80. The molecule has 0 spiro atoms. The summed E-state index contributed by atoms with van der Waals surface area (Å²) in [4.78, 5) is 17.4. The van der Waals surface area contributed by atoms with Crippen LogP contribution in [-0.4, -0.2) is 55.0 Å². The second kappa shape index (κ2) is 10.1. The molecule has 0 bridgehead atoms. The molecule has 4 heteroatoms. The number of carbonyl (C=O) groups is 1. The van der Waals surface area contributed by atoms with Crippen molar-refractivity contribution in [3.8, 4) is 0 Å². The fourth-order valence-electron chi connectivity index (χ4n) is 4.15. The molecule has 2 fully saturated rings. The molecule has 2 heterocycles. The van der Waals surface area contributed by atoms with E-state index in [-0.39, 0.29) is 11.8 Å². The molecule has 1 N–H and O–H groups in total. The first kappa shape index (κ1) is 19.4. The number of likely N-dealkylation sites (tertiary alicyclic amines) is 2. The van der Waals surface area contributed by atoms with Crippen molar-refractivity contribution >= 4 is 5.91 Å². The SMILES string of the molecule is Cc1ccc(CN2CCC(C(=O)NCCCN3CCCCC3)CC2)cc1. The van der Waals surface area contributed by atoms with Crippen molar-refractivity contribution in [1.82, 2.24) is 15.1 Å². The quantitative estimate of drug-likeness (QED) is 0.761. The van der Waals surface area contributed by atoms with Gasteiger partial charge in [0.1, 0.15) is 0 Å². The van der Waals surface area contributed by atoms with Gasteiger partial charge in [-0.2, -0.15) is 0 Å². The summed E-state index contributed by atoms with van der Waals surface area (Å²) in [6.45, 7) is 9.64. The van der Waals surface area contributed by atoms with E-state index in [1.807, 2.05) is 0 Å². The first-order chi connectivity index (χ1) is 12.7. The summed E-state index contributed by atoms with van der Waals surface area (Å²) in [5, 5.41) is 3.18. The lowest BCUT2D eigenvalue weighted by Crippen LogP contribution is -2.41. The van der Waals surface area contributed by atoms with Crippen LogP contribution in [0.4, 0.5) is 0 Å². The lowest BCUT2D eigenvalue weighted by molar-refractivity contribution is -0.126. The van der Waals surface area contributed by atoms with Gasteiger partial charge in [0.2, 0.25) is 5.91 Å². The highest BCUT2D eigenvalue weighted by atomic mass is 16.1. The highest BCUT2D eigenvalue weighted by molar-refractivity contribution is 5.78. The van der Waals surface area contributed by atoms with Gasteiger partial charge in [-0.3, -0.25) is 9.69 Å². The van der Waals surface area contributed by atoms with Crippen LogP contribution in [0.25, 0.3) is 0 Å². The third-order valence-corrected chi connectivity index (χ3v) is 5.88. The fourth-order valence-corrected chi connectivity index (χ4v) is 4.15. The predicted molar refractivity (Wildman–Crippen MR) is 107 cm³/mol. The largest absolute Gasteiger partial charge is 0.356 e. The Morgan fingerprint density at radius 3 is 2.38 bits per heavy atom. The summed E-state index contributed by atoms with van der Waals surface area (Å²) in [7, 11) is 0. The molecule has 0 radical (unpaired) electrons. The number of piperidine rings is 2. The lowest BCUT2D eigenvalue weighted by atomic mass is 9.95. The van der Waals surface area contributed by atoms with Gasteiger partial charge in [-0.1, -0.05) is 36.2 Å². The van der Waals surface area contributed by atoms with Crippen LogP contribution in [-0.2, 0) is 11.3 Å². The van der Waals surface area contributed by atoms with Gasteiger partial charge >= 0.3 is 0 Å². The van der Waals surface area contributed by atoms with Crippen molar-refractivity contribution in [2.75, 3.05) is 39.3 Å². The zero-order chi connectivity index (χ0) is 18.2. The van der Waals surface area contributed by atoms with Crippen LogP contribution in [0.5, 0.6) is 0 Å². The second-order valence-corrected chi connectivity index (χ2v) is 8.08. The summed E-state index contributed by atoms with van der Waals surface area (Å²) in [5.41, 5.74) is 2.68. The maximum Gasteiger partial charge on any atom is 0.223 e. The molecule has 0 unspecified atom stereocenters. The molecular formula is C22H35N3O. The molecule has 0 aromatic heterocycles. The van der Waals surface area contributed by atoms with Crippen LogP contribution in [0.3, 0.4) is 0 Å². The van der Waals surface area contributed by atoms with E-state index >= 15 is 0 Å². The minimum absolute atomic E-state index is 0.208. The number of hydrogen-bond acceptors (Lipinski definition) is 3. The van der Waals surface area contributed by atoms with Crippen LogP contribution < -0.4 is 5.32 Å². The number of benzene rings is 1. The molecule has 2 aliphatic heterocycles. The summed E-state index contributed by atoms with van der Waals surface area (Å²) < 4.78 is 0. The summed E-state index contributed by atoms with van der Waals surface area (Å²) >= 11 is 0. The number of rotatable bonds is 7. The molecule has 1 aromatic carbocycles. The average molecular weight is 358 g/mol. The van der Waals surface area contributed by atoms with Gasteiger partial charge in [0.05, 0.1) is 0 Å². The van der Waals surface area contributed by atoms with Gasteiger partial charge in [0.25, 0.3) is 0 Å². The van der Waals surface area contributed by atoms with Crippen LogP contribution in [0.2, 0.25) is 0 Å². The van der Waals surface area contributed by atoms with Gasteiger partial charge in [-0.25, -0.2) is 0 Å². The van der Waals surface area contributed by atoms with Gasteiger partial charge in [0.15, 0.2) is 0 Å². The normalized spacial score (nSPS) is 20.2. The van der Waals surface area contributed by atoms with Crippen molar-refractivity contribution in [1.29, 1.82) is 0 Å². The Labute approximate surface area is 158 Å². The first-order valence-electron chi connectivity index (χ1n) is 10.5. The van der Waals surface area contributed by atoms with Crippen molar-refractivity contribution in [2.24, 2.45) is 5.92 Å². The van der Waals surface area contributed by atoms with Crippen molar-refractivity contribution < 1.29 is 4.79 Å². The average Bonchev–Trinajstić information content (AvgIpc) is 2.68. The van der Waals surface area contributed by atoms with Gasteiger partial charge in [0, 0.05) is 19.0 Å². The third-order valence-electron chi connectivity index (χ3n) is 5.88. The number of carbonyl (C=O) groups excluding carboxylic acids is 1. The Hall–Kier alpha value is -1.39. The number of amides is 1. The van der Waals surface area contributed by atoms with E-state index in [1.54, 1.807) is 0 Å². The third kappa shape index (κ3) is 6.10. The molecule has 1 aromatic rings. The fraction of sp³-hybridized carbons (Fsp3) is 0.682. The second-order valence-electron chi connectivity index (χ2n) is 8.08. The molecular weight excluding hydrogens is 322 g/mol. The van der Waals surface area contributed by atoms with Crippen molar-refractivity contribution in [3.63, 3.8) is 0 Å². The van der Waals surface area contributed by atoms with Gasteiger partial charge < -0.3 is 10.2 Å². The number of nitrogens with one attached hydrogen (secondary N) is 1. The van der Waals surface area contributed by atoms with Gasteiger partial charge in [-0.05, 0) is 77.3 Å². The zero-order valence-electron chi connectivity index (χ0n) is 16.4. The number of aryl methyl sites for hydroxylation is 1. The van der Waals surface area contributed by atoms with Crippen LogP contribution in [0.15, 0.2) is 24.3 Å². The van der Waals surface area contributed by atoms with Crippen LogP contribution in [0.1, 0.15) is 49.7 Å². The van der Waals surface area contributed by atoms with Crippen molar-refractivity contribution in [3.05, 3.63) is 35.4 Å². The van der Waals surface area contributed by atoms with Crippen LogP contribution in [0, 0.1) is 12.8 Å². The summed E-state index contributed by atoms with van der Waals surface area (Å²) in [6.07, 6.45) is 7.13. The van der Waals surface area contributed by atoms with E-state index in [0.29, 0.717) is 0 Å². The molecule has 1 amide bonds. The zero-order valence-corrected chi connectivity index (χ0v) is 16.4. The molecule has 144 valence electrons. The minimum Gasteiger partial charge on any atom is -0.356 e. The maximum absolute atomic E-state index is 12.4. The lowest BCUT2D eigenvalue weighted by Gasteiger charge is -2.31. The molecule has 4 nitrogen and oxygen atoms in total. The Kier molecular flexibility index (Phi) is 7.51. The molecule has 3 rings (SSSR count). The monoisotopic (exact) mass is 357 g/mol. The molecule has 0 saturated carbocycles. The van der Waals surface area contributed by atoms with E-state index < -0.39 is 0 Å². The first-order valence-corrected chi connectivity index (χ1v) is 10.5. The smallest absolute Gasteiger partial charge is 0.223 e. The number of hydrogen-bond donors (Lipinski definition) is 1. The molecule has 0 atom stereocenters.